The van der Waals surface area contributed by atoms with E-state index in [1.54, 1.807) is 0 Å². The van der Waals surface area contributed by atoms with E-state index in [1.165, 1.54) is 0 Å². The number of hydrogen-bond donors (Lipinski definition) is 1. The number of carbonyl (C=O) groups is 1. The van der Waals surface area contributed by atoms with Gasteiger partial charge in [-0.1, -0.05) is 5.16 Å². The molecule has 4 heteroatoms. The van der Waals surface area contributed by atoms with Crippen LogP contribution in [0.25, 0.3) is 0 Å². The Bertz CT molecular complexity index is 237. The molecule has 2 aliphatic rings. The minimum atomic E-state index is 0.261. The zero-order valence-electron chi connectivity index (χ0n) is 6.86. The molecular formula is C8H12N2O2. The van der Waals surface area contributed by atoms with Gasteiger partial charge in [0.05, 0.1) is 5.71 Å². The topological polar surface area (TPSA) is 52.9 Å². The summed E-state index contributed by atoms with van der Waals surface area (Å²) in [5, 5.41) is 11.8. The molecule has 1 unspecified atom stereocenters. The fourth-order valence-electron chi connectivity index (χ4n) is 2.03. The van der Waals surface area contributed by atoms with Gasteiger partial charge in [-0.25, -0.2) is 0 Å². The molecule has 66 valence electrons. The number of piperidine rings is 1. The Hall–Kier alpha value is -1.06. The third-order valence-electron chi connectivity index (χ3n) is 2.71. The van der Waals surface area contributed by atoms with Gasteiger partial charge in [0.2, 0.25) is 5.91 Å². The monoisotopic (exact) mass is 168 g/mol. The molecule has 1 N–H and O–H groups in total. The highest BCUT2D eigenvalue weighted by molar-refractivity contribution is 5.89. The Morgan fingerprint density at radius 1 is 1.50 bits per heavy atom. The van der Waals surface area contributed by atoms with Crippen LogP contribution in [0.1, 0.15) is 25.7 Å². The molecular weight excluding hydrogens is 156 g/mol. The van der Waals surface area contributed by atoms with E-state index in [0.717, 1.165) is 31.5 Å². The molecule has 0 aromatic carbocycles. The standard InChI is InChI=1S/C8H12N2O2/c11-8-2-1-7-5-6(9-12)3-4-10(7)8/h7,12H,1-5H2/b9-6-. The summed E-state index contributed by atoms with van der Waals surface area (Å²) < 4.78 is 0. The normalized spacial score (nSPS) is 32.7. The molecule has 2 fully saturated rings. The van der Waals surface area contributed by atoms with E-state index >= 15 is 0 Å². The lowest BCUT2D eigenvalue weighted by molar-refractivity contribution is -0.129. The molecule has 0 bridgehead atoms. The molecule has 0 radical (unpaired) electrons. The van der Waals surface area contributed by atoms with Crippen LogP contribution in [0.3, 0.4) is 0 Å². The molecule has 12 heavy (non-hydrogen) atoms. The van der Waals surface area contributed by atoms with Crippen LogP contribution < -0.4 is 0 Å². The summed E-state index contributed by atoms with van der Waals surface area (Å²) in [6, 6.07) is 0.317. The number of fused-ring (bicyclic) bond motifs is 1. The van der Waals surface area contributed by atoms with Crippen LogP contribution in [0.4, 0.5) is 0 Å². The minimum absolute atomic E-state index is 0.261. The van der Waals surface area contributed by atoms with Crippen LogP contribution in [0.5, 0.6) is 0 Å². The van der Waals surface area contributed by atoms with Gasteiger partial charge in [-0.2, -0.15) is 0 Å². The van der Waals surface area contributed by atoms with E-state index in [1.807, 2.05) is 4.90 Å². The Labute approximate surface area is 70.8 Å². The summed E-state index contributed by atoms with van der Waals surface area (Å²) in [6.45, 7) is 0.739. The number of amides is 1. The quantitative estimate of drug-likeness (QED) is 0.425. The summed E-state index contributed by atoms with van der Waals surface area (Å²) in [6.07, 6.45) is 3.10. The van der Waals surface area contributed by atoms with Crippen LogP contribution in [0.2, 0.25) is 0 Å². The first kappa shape index (κ1) is 7.58. The van der Waals surface area contributed by atoms with Crippen LogP contribution in [0.15, 0.2) is 5.16 Å². The van der Waals surface area contributed by atoms with Gasteiger partial charge in [0.15, 0.2) is 0 Å². The minimum Gasteiger partial charge on any atom is -0.411 e. The fourth-order valence-corrected chi connectivity index (χ4v) is 2.03. The van der Waals surface area contributed by atoms with Crippen molar-refractivity contribution in [2.24, 2.45) is 5.16 Å². The van der Waals surface area contributed by atoms with Gasteiger partial charge in [0.25, 0.3) is 0 Å². The van der Waals surface area contributed by atoms with E-state index < -0.39 is 0 Å². The molecule has 2 heterocycles. The number of hydrogen-bond acceptors (Lipinski definition) is 3. The van der Waals surface area contributed by atoms with E-state index in [0.29, 0.717) is 12.5 Å². The molecule has 0 saturated carbocycles. The van der Waals surface area contributed by atoms with Gasteiger partial charge in [-0.3, -0.25) is 4.79 Å². The van der Waals surface area contributed by atoms with Gasteiger partial charge < -0.3 is 10.1 Å². The molecule has 2 aliphatic heterocycles. The maximum absolute atomic E-state index is 11.2. The first-order chi connectivity index (χ1) is 5.81. The van der Waals surface area contributed by atoms with E-state index in [4.69, 9.17) is 5.21 Å². The van der Waals surface area contributed by atoms with Gasteiger partial charge in [-0.15, -0.1) is 0 Å². The Morgan fingerprint density at radius 2 is 2.33 bits per heavy atom. The molecule has 2 saturated heterocycles. The Balaban J connectivity index is 2.09. The lowest BCUT2D eigenvalue weighted by Crippen LogP contribution is -2.40. The van der Waals surface area contributed by atoms with Crippen LogP contribution in [0, 0.1) is 0 Å². The molecule has 0 aromatic heterocycles. The molecule has 0 spiro atoms. The second kappa shape index (κ2) is 2.77. The molecule has 0 aliphatic carbocycles. The largest absolute Gasteiger partial charge is 0.411 e. The highest BCUT2D eigenvalue weighted by Gasteiger charge is 2.34. The summed E-state index contributed by atoms with van der Waals surface area (Å²) in [5.41, 5.74) is 0.839. The van der Waals surface area contributed by atoms with Crippen LogP contribution in [-0.2, 0) is 4.79 Å². The Kier molecular flexibility index (Phi) is 1.75. The molecule has 0 aromatic rings. The second-order valence-corrected chi connectivity index (χ2v) is 3.40. The zero-order chi connectivity index (χ0) is 8.55. The maximum atomic E-state index is 11.2. The number of rotatable bonds is 0. The smallest absolute Gasteiger partial charge is 0.222 e. The molecule has 1 amide bonds. The number of oxime groups is 1. The third-order valence-corrected chi connectivity index (χ3v) is 2.71. The molecule has 4 nitrogen and oxygen atoms in total. The van der Waals surface area contributed by atoms with Crippen LogP contribution >= 0.6 is 0 Å². The van der Waals surface area contributed by atoms with E-state index in [9.17, 15) is 4.79 Å². The molecule has 1 atom stereocenters. The van der Waals surface area contributed by atoms with Gasteiger partial charge >= 0.3 is 0 Å². The summed E-state index contributed by atoms with van der Waals surface area (Å²) in [7, 11) is 0. The fraction of sp³-hybridized carbons (Fsp3) is 0.750. The average molecular weight is 168 g/mol. The van der Waals surface area contributed by atoms with E-state index in [2.05, 4.69) is 5.16 Å². The van der Waals surface area contributed by atoms with Crippen LogP contribution in [-0.4, -0.2) is 34.3 Å². The zero-order valence-corrected chi connectivity index (χ0v) is 6.86. The third kappa shape index (κ3) is 1.07. The van der Waals surface area contributed by atoms with Crippen molar-refractivity contribution in [1.82, 2.24) is 4.90 Å². The first-order valence-electron chi connectivity index (χ1n) is 4.30. The highest BCUT2D eigenvalue weighted by Crippen LogP contribution is 2.26. The predicted molar refractivity (Wildman–Crippen MR) is 43.2 cm³/mol. The summed E-state index contributed by atoms with van der Waals surface area (Å²) in [5.74, 6) is 0.261. The van der Waals surface area contributed by atoms with Gasteiger partial charge in [0, 0.05) is 31.8 Å². The molecule has 2 rings (SSSR count). The van der Waals surface area contributed by atoms with Crippen molar-refractivity contribution >= 4 is 11.6 Å². The predicted octanol–water partition coefficient (Wildman–Crippen LogP) is 0.601. The number of nitrogens with zero attached hydrogens (tertiary/aromatic N) is 2. The van der Waals surface area contributed by atoms with Crippen molar-refractivity contribution in [3.8, 4) is 0 Å². The summed E-state index contributed by atoms with van der Waals surface area (Å²) >= 11 is 0. The number of carbonyl (C=O) groups excluding carboxylic acids is 1. The van der Waals surface area contributed by atoms with Crippen molar-refractivity contribution in [2.45, 2.75) is 31.7 Å². The SMILES string of the molecule is O=C1CCC2C/C(=N\O)CCN12. The summed E-state index contributed by atoms with van der Waals surface area (Å²) in [4.78, 5) is 13.1. The second-order valence-electron chi connectivity index (χ2n) is 3.40. The van der Waals surface area contributed by atoms with Gasteiger partial charge in [0.1, 0.15) is 0 Å². The van der Waals surface area contributed by atoms with Gasteiger partial charge in [-0.05, 0) is 6.42 Å². The Morgan fingerprint density at radius 3 is 3.08 bits per heavy atom. The average Bonchev–Trinajstić information content (AvgIpc) is 2.47. The highest BCUT2D eigenvalue weighted by atomic mass is 16.4. The van der Waals surface area contributed by atoms with Crippen molar-refractivity contribution in [1.29, 1.82) is 0 Å². The van der Waals surface area contributed by atoms with Crippen molar-refractivity contribution in [2.75, 3.05) is 6.54 Å². The van der Waals surface area contributed by atoms with Crippen molar-refractivity contribution in [3.05, 3.63) is 0 Å². The van der Waals surface area contributed by atoms with E-state index in [-0.39, 0.29) is 5.91 Å². The van der Waals surface area contributed by atoms with Crippen molar-refractivity contribution in [3.63, 3.8) is 0 Å². The van der Waals surface area contributed by atoms with Crippen molar-refractivity contribution < 1.29 is 10.0 Å². The lowest BCUT2D eigenvalue weighted by atomic mass is 10.0. The maximum Gasteiger partial charge on any atom is 0.222 e. The lowest BCUT2D eigenvalue weighted by Gasteiger charge is -2.29. The first-order valence-corrected chi connectivity index (χ1v) is 4.30.